The SMILES string of the molecule is C#CCn1nc(Cl)c(O)c(-c2c(Cl)ccc(Cl)c2OCc2ccc(Cl)nc2)c1=O. The summed E-state index contributed by atoms with van der Waals surface area (Å²) in [7, 11) is 0. The van der Waals surface area contributed by atoms with Crippen molar-refractivity contribution < 1.29 is 9.84 Å². The fourth-order valence-electron chi connectivity index (χ4n) is 2.51. The van der Waals surface area contributed by atoms with Gasteiger partial charge in [0.15, 0.2) is 10.9 Å². The first-order valence-corrected chi connectivity index (χ1v) is 9.49. The van der Waals surface area contributed by atoms with Crippen LogP contribution in [0.1, 0.15) is 5.56 Å². The number of benzene rings is 1. The molecule has 148 valence electrons. The molecule has 29 heavy (non-hydrogen) atoms. The highest BCUT2D eigenvalue weighted by Gasteiger charge is 2.25. The van der Waals surface area contributed by atoms with Gasteiger partial charge in [0.25, 0.3) is 5.56 Å². The third kappa shape index (κ3) is 4.44. The standard InChI is InChI=1S/C19H11Cl4N3O3/c1-2-7-26-19(28)15(16(27)18(23)25-26)14-11(20)4-5-12(21)17(14)29-9-10-3-6-13(22)24-8-10/h1,3-6,8,27H,7,9H2. The van der Waals surface area contributed by atoms with Crippen molar-refractivity contribution in [2.45, 2.75) is 13.2 Å². The van der Waals surface area contributed by atoms with Crippen molar-refractivity contribution in [3.8, 4) is 35.0 Å². The summed E-state index contributed by atoms with van der Waals surface area (Å²) in [5, 5.41) is 14.5. The second kappa shape index (κ2) is 8.93. The smallest absolute Gasteiger partial charge is 0.279 e. The summed E-state index contributed by atoms with van der Waals surface area (Å²) in [5.74, 6) is 1.81. The van der Waals surface area contributed by atoms with Gasteiger partial charge in [-0.3, -0.25) is 4.79 Å². The number of hydrogen-bond acceptors (Lipinski definition) is 5. The third-order valence-corrected chi connectivity index (χ3v) is 4.90. The first-order chi connectivity index (χ1) is 13.8. The van der Waals surface area contributed by atoms with E-state index in [0.29, 0.717) is 10.7 Å². The molecule has 3 rings (SSSR count). The van der Waals surface area contributed by atoms with Gasteiger partial charge in [-0.2, -0.15) is 5.10 Å². The first kappa shape index (κ1) is 21.3. The number of halogens is 4. The Morgan fingerprint density at radius 2 is 1.83 bits per heavy atom. The van der Waals surface area contributed by atoms with Crippen molar-refractivity contribution in [3.05, 3.63) is 66.7 Å². The molecule has 2 aromatic heterocycles. The zero-order valence-corrected chi connectivity index (χ0v) is 17.5. The molecule has 1 N–H and O–H groups in total. The number of terminal acetylenes is 1. The Hall–Kier alpha value is -2.43. The Bertz CT molecular complexity index is 1170. The largest absolute Gasteiger partial charge is 0.504 e. The van der Waals surface area contributed by atoms with Crippen LogP contribution in [0.3, 0.4) is 0 Å². The van der Waals surface area contributed by atoms with E-state index >= 15 is 0 Å². The van der Waals surface area contributed by atoms with Crippen molar-refractivity contribution >= 4 is 46.4 Å². The van der Waals surface area contributed by atoms with E-state index in [0.717, 1.165) is 4.68 Å². The molecule has 6 nitrogen and oxygen atoms in total. The van der Waals surface area contributed by atoms with Gasteiger partial charge in [0.2, 0.25) is 0 Å². The van der Waals surface area contributed by atoms with Crippen LogP contribution in [0.5, 0.6) is 11.5 Å². The molecule has 0 aliphatic carbocycles. The lowest BCUT2D eigenvalue weighted by molar-refractivity contribution is 0.307. The quantitative estimate of drug-likeness (QED) is 0.426. The Morgan fingerprint density at radius 1 is 1.10 bits per heavy atom. The molecule has 0 bridgehead atoms. The molecule has 0 aliphatic rings. The molecule has 2 heterocycles. The molecular weight excluding hydrogens is 460 g/mol. The van der Waals surface area contributed by atoms with Gasteiger partial charge in [-0.1, -0.05) is 58.4 Å². The van der Waals surface area contributed by atoms with E-state index in [2.05, 4.69) is 16.0 Å². The predicted octanol–water partition coefficient (Wildman–Crippen LogP) is 4.84. The highest BCUT2D eigenvalue weighted by molar-refractivity contribution is 6.37. The topological polar surface area (TPSA) is 77.2 Å². The molecule has 10 heteroatoms. The zero-order chi connectivity index (χ0) is 21.1. The Labute approximate surface area is 185 Å². The van der Waals surface area contributed by atoms with Gasteiger partial charge in [0.1, 0.15) is 24.1 Å². The molecule has 0 aliphatic heterocycles. The van der Waals surface area contributed by atoms with Crippen LogP contribution in [0.15, 0.2) is 35.3 Å². The van der Waals surface area contributed by atoms with Gasteiger partial charge in [0, 0.05) is 11.8 Å². The van der Waals surface area contributed by atoms with Crippen LogP contribution < -0.4 is 10.3 Å². The number of ether oxygens (including phenoxy) is 1. The lowest BCUT2D eigenvalue weighted by Gasteiger charge is -2.16. The van der Waals surface area contributed by atoms with E-state index in [4.69, 9.17) is 57.6 Å². The van der Waals surface area contributed by atoms with Gasteiger partial charge in [-0.25, -0.2) is 9.67 Å². The maximum atomic E-state index is 12.9. The molecule has 0 radical (unpaired) electrons. The van der Waals surface area contributed by atoms with Crippen LogP contribution in [-0.2, 0) is 13.2 Å². The van der Waals surface area contributed by atoms with Crippen molar-refractivity contribution in [2.24, 2.45) is 0 Å². The number of rotatable bonds is 5. The van der Waals surface area contributed by atoms with Crippen molar-refractivity contribution in [1.82, 2.24) is 14.8 Å². The average Bonchev–Trinajstić information content (AvgIpc) is 2.69. The summed E-state index contributed by atoms with van der Waals surface area (Å²) in [6, 6.07) is 6.29. The molecule has 1 aromatic carbocycles. The minimum Gasteiger partial charge on any atom is -0.504 e. The molecule has 0 spiro atoms. The van der Waals surface area contributed by atoms with E-state index < -0.39 is 11.3 Å². The van der Waals surface area contributed by atoms with Gasteiger partial charge in [-0.05, 0) is 18.2 Å². The molecule has 0 atom stereocenters. The van der Waals surface area contributed by atoms with E-state index in [-0.39, 0.29) is 45.2 Å². The first-order valence-electron chi connectivity index (χ1n) is 7.98. The highest BCUT2D eigenvalue weighted by Crippen LogP contribution is 2.44. The van der Waals surface area contributed by atoms with Crippen LogP contribution in [0.2, 0.25) is 20.4 Å². The summed E-state index contributed by atoms with van der Waals surface area (Å²) < 4.78 is 6.75. The molecule has 0 unspecified atom stereocenters. The van der Waals surface area contributed by atoms with Gasteiger partial charge < -0.3 is 9.84 Å². The Balaban J connectivity index is 2.16. The van der Waals surface area contributed by atoms with Crippen molar-refractivity contribution in [3.63, 3.8) is 0 Å². The lowest BCUT2D eigenvalue weighted by atomic mass is 10.1. The Kier molecular flexibility index (Phi) is 6.56. The van der Waals surface area contributed by atoms with Gasteiger partial charge in [0.05, 0.1) is 21.2 Å². The fourth-order valence-corrected chi connectivity index (χ4v) is 3.26. The second-order valence-corrected chi connectivity index (χ2v) is 7.25. The second-order valence-electron chi connectivity index (χ2n) is 5.69. The molecule has 3 aromatic rings. The van der Waals surface area contributed by atoms with E-state index in [9.17, 15) is 9.90 Å². The van der Waals surface area contributed by atoms with Crippen LogP contribution in [0, 0.1) is 12.3 Å². The van der Waals surface area contributed by atoms with Crippen LogP contribution >= 0.6 is 46.4 Å². The van der Waals surface area contributed by atoms with Crippen molar-refractivity contribution in [2.75, 3.05) is 0 Å². The summed E-state index contributed by atoms with van der Waals surface area (Å²) in [5.41, 5.74) is -0.166. The summed E-state index contributed by atoms with van der Waals surface area (Å²) >= 11 is 24.4. The van der Waals surface area contributed by atoms with Crippen LogP contribution in [0.25, 0.3) is 11.1 Å². The van der Waals surface area contributed by atoms with E-state index in [1.54, 1.807) is 12.1 Å². The number of hydrogen-bond donors (Lipinski definition) is 1. The summed E-state index contributed by atoms with van der Waals surface area (Å²) in [6.07, 6.45) is 6.80. The average molecular weight is 471 g/mol. The number of aromatic hydroxyl groups is 1. The highest BCUT2D eigenvalue weighted by atomic mass is 35.5. The minimum absolute atomic E-state index is 0.0509. The maximum absolute atomic E-state index is 12.9. The molecular formula is C19H11Cl4N3O3. The monoisotopic (exact) mass is 469 g/mol. The molecule has 0 saturated heterocycles. The number of aromatic nitrogens is 3. The zero-order valence-electron chi connectivity index (χ0n) is 14.5. The number of pyridine rings is 1. The summed E-state index contributed by atoms with van der Waals surface area (Å²) in [6.45, 7) is -0.105. The summed E-state index contributed by atoms with van der Waals surface area (Å²) in [4.78, 5) is 16.8. The van der Waals surface area contributed by atoms with Gasteiger partial charge in [-0.15, -0.1) is 6.42 Å². The van der Waals surface area contributed by atoms with E-state index in [1.165, 1.54) is 18.3 Å². The van der Waals surface area contributed by atoms with E-state index in [1.807, 2.05) is 0 Å². The van der Waals surface area contributed by atoms with Crippen molar-refractivity contribution in [1.29, 1.82) is 0 Å². The maximum Gasteiger partial charge on any atom is 0.279 e. The molecule has 0 amide bonds. The Morgan fingerprint density at radius 3 is 2.48 bits per heavy atom. The normalized spacial score (nSPS) is 10.6. The molecule has 0 saturated carbocycles. The fraction of sp³-hybridized carbons (Fsp3) is 0.105. The third-order valence-electron chi connectivity index (χ3n) is 3.81. The molecule has 0 fully saturated rings. The van der Waals surface area contributed by atoms with Crippen LogP contribution in [0.4, 0.5) is 0 Å². The number of nitrogens with zero attached hydrogens (tertiary/aromatic N) is 3. The van der Waals surface area contributed by atoms with Crippen LogP contribution in [-0.4, -0.2) is 19.9 Å². The van der Waals surface area contributed by atoms with Gasteiger partial charge >= 0.3 is 0 Å². The predicted molar refractivity (Wildman–Crippen MR) is 113 cm³/mol. The lowest BCUT2D eigenvalue weighted by Crippen LogP contribution is -2.24. The minimum atomic E-state index is -0.702.